The highest BCUT2D eigenvalue weighted by atomic mass is 16.7. The summed E-state index contributed by atoms with van der Waals surface area (Å²) in [5.41, 5.74) is -3.40. The molecule has 0 spiro atoms. The Hall–Kier alpha value is -3.41. The lowest BCUT2D eigenvalue weighted by atomic mass is 9.72. The van der Waals surface area contributed by atoms with Crippen LogP contribution in [0.5, 0.6) is 11.5 Å². The Morgan fingerprint density at radius 1 is 1.15 bits per heavy atom. The van der Waals surface area contributed by atoms with Gasteiger partial charge in [-0.3, -0.25) is 19.3 Å². The van der Waals surface area contributed by atoms with Crippen LogP contribution in [0, 0.1) is 0 Å². The lowest BCUT2D eigenvalue weighted by Crippen LogP contribution is -2.55. The summed E-state index contributed by atoms with van der Waals surface area (Å²) in [6.45, 7) is 3.20. The first-order chi connectivity index (χ1) is 22.4. The number of morpholine rings is 1. The van der Waals surface area contributed by atoms with Gasteiger partial charge < -0.3 is 55.1 Å². The number of carbonyl (C=O) groups is 3. The fourth-order valence-corrected chi connectivity index (χ4v) is 7.87. The van der Waals surface area contributed by atoms with E-state index >= 15 is 0 Å². The van der Waals surface area contributed by atoms with Crippen LogP contribution in [0.2, 0.25) is 0 Å². The van der Waals surface area contributed by atoms with Crippen molar-refractivity contribution in [3.05, 3.63) is 39.5 Å². The highest BCUT2D eigenvalue weighted by molar-refractivity contribution is 6.27. The number of nitrogens with one attached hydrogen (secondary N) is 2. The lowest BCUT2D eigenvalue weighted by molar-refractivity contribution is -0.252. The molecule has 8 atom stereocenters. The molecule has 0 aromatic heterocycles. The zero-order valence-electron chi connectivity index (χ0n) is 26.0. The maximum Gasteiger partial charge on any atom is 0.252 e. The molecule has 3 heterocycles. The SMILES string of the molecule is CNCCNC(=O)C1(O)Cc2c(O)c3c(c(O)c2[C@@H](O[C@H]2C[C@H]4[C@H](O[C@@H]5[C@@H](O)OCCN54)[C@H](C)O2)C1)C(O)=C1C(=O)CCC=C1C3=O. The standard InChI is InChI=1S/C32H39N3O12/c1-13-28-16(35-8-9-44-30(41)29(35)47-28)10-19(45-13)46-18-12-32(43,31(42)34-7-6-33-2)11-15-21(18)27(40)23-22(25(15)38)24(37)14-4-3-5-17(36)20(14)26(23)39/h4,13,16,18-19,28-30,33,38-41,43H,3,5-12H2,1-2H3,(H,34,42)/t13-,16-,18-,19-,28+,29+,30-,32?/m0/s1. The van der Waals surface area contributed by atoms with Crippen molar-refractivity contribution in [2.45, 2.75) is 87.8 Å². The van der Waals surface area contributed by atoms with Crippen molar-refractivity contribution >= 4 is 23.2 Å². The third kappa shape index (κ3) is 5.07. The Kier molecular flexibility index (Phi) is 8.16. The Bertz CT molecular complexity index is 1590. The predicted octanol–water partition coefficient (Wildman–Crippen LogP) is -0.198. The molecule has 1 aromatic rings. The average molecular weight is 658 g/mol. The summed E-state index contributed by atoms with van der Waals surface area (Å²) < 4.78 is 24.0. The summed E-state index contributed by atoms with van der Waals surface area (Å²) in [7, 11) is 1.71. The van der Waals surface area contributed by atoms with Crippen molar-refractivity contribution in [1.82, 2.24) is 15.5 Å². The van der Waals surface area contributed by atoms with Crippen molar-refractivity contribution in [3.8, 4) is 11.5 Å². The summed E-state index contributed by atoms with van der Waals surface area (Å²) in [5.74, 6) is -3.85. The van der Waals surface area contributed by atoms with Gasteiger partial charge in [-0.25, -0.2) is 0 Å². The maximum atomic E-state index is 13.7. The number of amides is 1. The van der Waals surface area contributed by atoms with Crippen molar-refractivity contribution in [1.29, 1.82) is 0 Å². The molecule has 3 aliphatic heterocycles. The van der Waals surface area contributed by atoms with Crippen molar-refractivity contribution in [2.75, 3.05) is 33.3 Å². The number of phenolic OH excluding ortho intramolecular Hbond substituents is 2. The Labute approximate surface area is 269 Å². The fourth-order valence-electron chi connectivity index (χ4n) is 7.87. The first kappa shape index (κ1) is 32.2. The number of hydrogen-bond donors (Lipinski definition) is 7. The van der Waals surface area contributed by atoms with Crippen molar-refractivity contribution < 1.29 is 58.9 Å². The van der Waals surface area contributed by atoms with E-state index in [-0.39, 0.29) is 60.5 Å². The molecule has 1 amide bonds. The number of fused-ring (bicyclic) bond motifs is 6. The molecule has 0 bridgehead atoms. The van der Waals surface area contributed by atoms with Crippen LogP contribution in [-0.4, -0.2) is 124 Å². The second-order valence-electron chi connectivity index (χ2n) is 12.9. The van der Waals surface area contributed by atoms with Gasteiger partial charge in [0.05, 0.1) is 35.5 Å². The molecular weight excluding hydrogens is 618 g/mol. The minimum atomic E-state index is -2.14. The number of carbonyl (C=O) groups excluding carboxylic acids is 3. The van der Waals surface area contributed by atoms with Crippen LogP contribution < -0.4 is 10.6 Å². The molecule has 254 valence electrons. The zero-order chi connectivity index (χ0) is 33.4. The summed E-state index contributed by atoms with van der Waals surface area (Å²) in [6, 6.07) is -0.237. The van der Waals surface area contributed by atoms with E-state index in [1.54, 1.807) is 14.0 Å². The third-order valence-electron chi connectivity index (χ3n) is 10.1. The number of hydrogen-bond acceptors (Lipinski definition) is 14. The van der Waals surface area contributed by atoms with E-state index in [9.17, 15) is 39.9 Å². The number of rotatable bonds is 6. The highest BCUT2D eigenvalue weighted by Crippen LogP contribution is 2.54. The van der Waals surface area contributed by atoms with Crippen LogP contribution in [0.3, 0.4) is 0 Å². The average Bonchev–Trinajstić information content (AvgIpc) is 3.42. The smallest absolute Gasteiger partial charge is 0.252 e. The molecule has 47 heavy (non-hydrogen) atoms. The number of aliphatic hydroxyl groups excluding tert-OH is 2. The molecule has 15 nitrogen and oxygen atoms in total. The quantitative estimate of drug-likeness (QED) is 0.156. The molecule has 0 radical (unpaired) electrons. The zero-order valence-corrected chi connectivity index (χ0v) is 26.0. The number of benzene rings is 1. The lowest BCUT2D eigenvalue weighted by Gasteiger charge is -2.43. The monoisotopic (exact) mass is 657 g/mol. The maximum absolute atomic E-state index is 13.7. The number of allylic oxidation sites excluding steroid dienone is 3. The number of nitrogens with zero attached hydrogens (tertiary/aromatic N) is 1. The fraction of sp³-hybridized carbons (Fsp3) is 0.594. The summed E-state index contributed by atoms with van der Waals surface area (Å²) in [4.78, 5) is 41.9. The van der Waals surface area contributed by atoms with E-state index in [4.69, 9.17) is 18.9 Å². The number of ketones is 2. The van der Waals surface area contributed by atoms with Gasteiger partial charge in [0.1, 0.15) is 29.0 Å². The van der Waals surface area contributed by atoms with Crippen LogP contribution in [0.4, 0.5) is 0 Å². The Morgan fingerprint density at radius 3 is 2.70 bits per heavy atom. The number of likely N-dealkylation sites (N-methyl/N-ethyl adjacent to an activating group) is 1. The van der Waals surface area contributed by atoms with Gasteiger partial charge in [0.25, 0.3) is 5.91 Å². The van der Waals surface area contributed by atoms with Gasteiger partial charge >= 0.3 is 0 Å². The molecule has 6 aliphatic rings. The Balaban J connectivity index is 1.30. The van der Waals surface area contributed by atoms with Crippen LogP contribution >= 0.6 is 0 Å². The summed E-state index contributed by atoms with van der Waals surface area (Å²) in [6.07, 6.45) is -3.72. The molecule has 1 aromatic carbocycles. The van der Waals surface area contributed by atoms with E-state index < -0.39 is 95.0 Å². The highest BCUT2D eigenvalue weighted by Gasteiger charge is 2.55. The third-order valence-corrected chi connectivity index (χ3v) is 10.1. The molecular formula is C32H39N3O12. The number of aromatic hydroxyl groups is 2. The normalized spacial score (nSPS) is 35.0. The number of phenols is 2. The molecule has 3 aliphatic carbocycles. The van der Waals surface area contributed by atoms with Gasteiger partial charge in [-0.1, -0.05) is 6.08 Å². The number of Topliss-reactive ketones (excluding diaryl/α,β-unsaturated/α-hetero) is 2. The van der Waals surface area contributed by atoms with Gasteiger partial charge in [-0.2, -0.15) is 0 Å². The molecule has 7 N–H and O–H groups in total. The second kappa shape index (κ2) is 11.9. The van der Waals surface area contributed by atoms with Crippen molar-refractivity contribution in [2.24, 2.45) is 0 Å². The minimum Gasteiger partial charge on any atom is -0.507 e. The summed E-state index contributed by atoms with van der Waals surface area (Å²) >= 11 is 0. The van der Waals surface area contributed by atoms with Gasteiger partial charge in [0, 0.05) is 68.1 Å². The van der Waals surface area contributed by atoms with E-state index in [2.05, 4.69) is 10.6 Å². The molecule has 3 saturated heterocycles. The van der Waals surface area contributed by atoms with Gasteiger partial charge in [0.2, 0.25) is 0 Å². The first-order valence-corrected chi connectivity index (χ1v) is 15.9. The van der Waals surface area contributed by atoms with E-state index in [1.807, 2.05) is 4.90 Å². The second-order valence-corrected chi connectivity index (χ2v) is 12.9. The van der Waals surface area contributed by atoms with Crippen LogP contribution in [0.25, 0.3) is 5.76 Å². The summed E-state index contributed by atoms with van der Waals surface area (Å²) in [5, 5.41) is 62.5. The van der Waals surface area contributed by atoms with Crippen molar-refractivity contribution in [3.63, 3.8) is 0 Å². The predicted molar refractivity (Wildman–Crippen MR) is 160 cm³/mol. The Morgan fingerprint density at radius 2 is 1.94 bits per heavy atom. The van der Waals surface area contributed by atoms with E-state index in [0.717, 1.165) is 0 Å². The van der Waals surface area contributed by atoms with Gasteiger partial charge in [0.15, 0.2) is 30.4 Å². The largest absolute Gasteiger partial charge is 0.507 e. The van der Waals surface area contributed by atoms with Gasteiger partial charge in [-0.05, 0) is 20.4 Å². The number of aliphatic hydroxyl groups is 3. The molecule has 15 heteroatoms. The first-order valence-electron chi connectivity index (χ1n) is 15.9. The molecule has 0 saturated carbocycles. The minimum absolute atomic E-state index is 0.0368. The molecule has 1 unspecified atom stereocenters. The van der Waals surface area contributed by atoms with Crippen LogP contribution in [0.15, 0.2) is 17.2 Å². The van der Waals surface area contributed by atoms with E-state index in [0.29, 0.717) is 19.7 Å². The molecule has 7 rings (SSSR count). The molecule has 3 fully saturated rings. The topological polar surface area (TPSA) is 217 Å². The van der Waals surface area contributed by atoms with E-state index in [1.165, 1.54) is 6.08 Å². The number of ether oxygens (including phenoxy) is 4. The van der Waals surface area contributed by atoms with Crippen LogP contribution in [0.1, 0.15) is 65.8 Å². The van der Waals surface area contributed by atoms with Gasteiger partial charge in [-0.15, -0.1) is 0 Å². The van der Waals surface area contributed by atoms with Crippen LogP contribution in [-0.2, 0) is 35.0 Å².